The van der Waals surface area contributed by atoms with Crippen LogP contribution in [-0.4, -0.2) is 26.1 Å². The van der Waals surface area contributed by atoms with Crippen molar-refractivity contribution < 1.29 is 23.1 Å². The summed E-state index contributed by atoms with van der Waals surface area (Å²) >= 11 is 0. The summed E-state index contributed by atoms with van der Waals surface area (Å²) in [6.07, 6.45) is 0. The maximum absolute atomic E-state index is 13.1. The van der Waals surface area contributed by atoms with Crippen molar-refractivity contribution in [3.05, 3.63) is 102 Å². The fourth-order valence-electron chi connectivity index (χ4n) is 3.41. The lowest BCUT2D eigenvalue weighted by Crippen LogP contribution is -2.13. The second kappa shape index (κ2) is 9.69. The summed E-state index contributed by atoms with van der Waals surface area (Å²) in [5.41, 5.74) is 1.42. The van der Waals surface area contributed by atoms with Gasteiger partial charge in [-0.05, 0) is 60.2 Å². The number of para-hydroxylation sites is 1. The summed E-state index contributed by atoms with van der Waals surface area (Å²) in [6, 6.07) is 23.9. The van der Waals surface area contributed by atoms with Crippen molar-refractivity contribution >= 4 is 32.5 Å². The predicted octanol–water partition coefficient (Wildman–Crippen LogP) is 5.14. The van der Waals surface area contributed by atoms with Gasteiger partial charge in [0.25, 0.3) is 10.0 Å². The highest BCUT2D eigenvalue weighted by atomic mass is 32.2. The van der Waals surface area contributed by atoms with Crippen LogP contribution in [0.1, 0.15) is 28.4 Å². The first-order chi connectivity index (χ1) is 16.4. The molecule has 0 atom stereocenters. The van der Waals surface area contributed by atoms with Crippen LogP contribution in [0.3, 0.4) is 0 Å². The van der Waals surface area contributed by atoms with E-state index in [1.54, 1.807) is 61.5 Å². The molecule has 2 N–H and O–H groups in total. The number of sulfonamides is 1. The molecular weight excluding hydrogens is 450 g/mol. The molecule has 4 aromatic rings. The third kappa shape index (κ3) is 5.03. The zero-order chi connectivity index (χ0) is 24.1. The van der Waals surface area contributed by atoms with Gasteiger partial charge in [0.1, 0.15) is 11.3 Å². The van der Waals surface area contributed by atoms with Gasteiger partial charge in [-0.1, -0.05) is 54.3 Å². The van der Waals surface area contributed by atoms with Crippen LogP contribution < -0.4 is 9.46 Å². The summed E-state index contributed by atoms with van der Waals surface area (Å²) in [5, 5.41) is 11.1. The average molecular weight is 472 g/mol. The Morgan fingerprint density at radius 3 is 2.41 bits per heavy atom. The number of hydrogen-bond acceptors (Lipinski definition) is 4. The molecular formula is C27H21NO5S. The van der Waals surface area contributed by atoms with Gasteiger partial charge in [0.05, 0.1) is 17.2 Å². The lowest BCUT2D eigenvalue weighted by Gasteiger charge is -2.11. The quantitative estimate of drug-likeness (QED) is 0.380. The Balaban J connectivity index is 1.65. The van der Waals surface area contributed by atoms with Crippen LogP contribution in [-0.2, 0) is 10.0 Å². The predicted molar refractivity (Wildman–Crippen MR) is 132 cm³/mol. The zero-order valence-electron chi connectivity index (χ0n) is 18.3. The molecule has 0 bridgehead atoms. The van der Waals surface area contributed by atoms with Crippen molar-refractivity contribution in [3.63, 3.8) is 0 Å². The molecule has 0 heterocycles. The van der Waals surface area contributed by atoms with Crippen LogP contribution in [0.2, 0.25) is 0 Å². The van der Waals surface area contributed by atoms with Crippen LogP contribution in [0.15, 0.2) is 89.8 Å². The van der Waals surface area contributed by atoms with E-state index in [0.717, 1.165) is 10.8 Å². The van der Waals surface area contributed by atoms with Crippen LogP contribution in [0.4, 0.5) is 5.69 Å². The van der Waals surface area contributed by atoms with Gasteiger partial charge < -0.3 is 9.84 Å². The smallest absolute Gasteiger partial charge is 0.339 e. The van der Waals surface area contributed by atoms with Gasteiger partial charge in [0.15, 0.2) is 0 Å². The molecule has 0 amide bonds. The van der Waals surface area contributed by atoms with Crippen molar-refractivity contribution in [2.45, 2.75) is 11.8 Å². The normalized spacial score (nSPS) is 10.9. The number of benzene rings is 4. The first-order valence-corrected chi connectivity index (χ1v) is 12.0. The molecule has 0 spiro atoms. The van der Waals surface area contributed by atoms with Crippen LogP contribution in [0.25, 0.3) is 10.8 Å². The third-order valence-electron chi connectivity index (χ3n) is 5.06. The lowest BCUT2D eigenvalue weighted by molar-refractivity contribution is 0.0692. The van der Waals surface area contributed by atoms with Crippen molar-refractivity contribution in [2.75, 3.05) is 11.3 Å². The molecule has 0 radical (unpaired) electrons. The van der Waals surface area contributed by atoms with Gasteiger partial charge in [-0.3, -0.25) is 4.72 Å². The van der Waals surface area contributed by atoms with E-state index in [-0.39, 0.29) is 16.2 Å². The molecule has 0 aromatic heterocycles. The summed E-state index contributed by atoms with van der Waals surface area (Å²) in [7, 11) is -3.84. The largest absolute Gasteiger partial charge is 0.493 e. The highest BCUT2D eigenvalue weighted by Crippen LogP contribution is 2.24. The second-order valence-electron chi connectivity index (χ2n) is 7.36. The minimum absolute atomic E-state index is 0.0518. The Hall–Kier alpha value is -4.28. The second-order valence-corrected chi connectivity index (χ2v) is 9.04. The Kier molecular flexibility index (Phi) is 6.53. The number of carboxylic acid groups (broad SMARTS) is 1. The molecule has 4 aromatic carbocycles. The topological polar surface area (TPSA) is 92.7 Å². The Morgan fingerprint density at radius 1 is 0.912 bits per heavy atom. The Morgan fingerprint density at radius 2 is 1.65 bits per heavy atom. The molecule has 34 heavy (non-hydrogen) atoms. The summed E-state index contributed by atoms with van der Waals surface area (Å²) in [4.78, 5) is 11.5. The van der Waals surface area contributed by atoms with E-state index < -0.39 is 16.0 Å². The van der Waals surface area contributed by atoms with E-state index in [1.807, 2.05) is 24.3 Å². The Labute approximate surface area is 197 Å². The van der Waals surface area contributed by atoms with E-state index in [0.29, 0.717) is 23.4 Å². The SMILES string of the molecule is CCOc1cc(C#Cc2ccccc2NS(=O)(=O)c2ccc3ccccc3c2)ccc1C(=O)O. The van der Waals surface area contributed by atoms with Crippen molar-refractivity contribution in [3.8, 4) is 17.6 Å². The number of hydrogen-bond donors (Lipinski definition) is 2. The fraction of sp³-hybridized carbons (Fsp3) is 0.0741. The average Bonchev–Trinajstić information content (AvgIpc) is 2.83. The molecule has 7 heteroatoms. The van der Waals surface area contributed by atoms with E-state index in [1.165, 1.54) is 6.07 Å². The highest BCUT2D eigenvalue weighted by molar-refractivity contribution is 7.92. The van der Waals surface area contributed by atoms with Gasteiger partial charge in [-0.2, -0.15) is 0 Å². The molecule has 6 nitrogen and oxygen atoms in total. The lowest BCUT2D eigenvalue weighted by atomic mass is 10.1. The van der Waals surface area contributed by atoms with Gasteiger partial charge in [0.2, 0.25) is 0 Å². The van der Waals surface area contributed by atoms with Crippen LogP contribution in [0.5, 0.6) is 5.75 Å². The van der Waals surface area contributed by atoms with Crippen LogP contribution in [0, 0.1) is 11.8 Å². The zero-order valence-corrected chi connectivity index (χ0v) is 19.1. The maximum atomic E-state index is 13.1. The number of rotatable bonds is 6. The van der Waals surface area contributed by atoms with Crippen molar-refractivity contribution in [1.29, 1.82) is 0 Å². The number of ether oxygens (including phenoxy) is 1. The van der Waals surface area contributed by atoms with Gasteiger partial charge in [0, 0.05) is 11.1 Å². The molecule has 4 rings (SSSR count). The number of fused-ring (bicyclic) bond motifs is 1. The molecule has 0 aliphatic rings. The number of aromatic carboxylic acids is 1. The molecule has 0 saturated heterocycles. The molecule has 0 aliphatic carbocycles. The standard InChI is InChI=1S/C27H21NO5S/c1-2-33-26-17-19(12-16-24(26)27(29)30)11-13-21-8-5-6-10-25(21)28-34(31,32)23-15-14-20-7-3-4-9-22(20)18-23/h3-10,12,14-18,28H,2H2,1H3,(H,29,30). The maximum Gasteiger partial charge on any atom is 0.339 e. The van der Waals surface area contributed by atoms with Gasteiger partial charge >= 0.3 is 5.97 Å². The number of carboxylic acids is 1. The number of nitrogens with one attached hydrogen (secondary N) is 1. The molecule has 0 unspecified atom stereocenters. The van der Waals surface area contributed by atoms with E-state index in [4.69, 9.17) is 4.74 Å². The molecule has 0 fully saturated rings. The monoisotopic (exact) mass is 471 g/mol. The number of carbonyl (C=O) groups is 1. The first-order valence-electron chi connectivity index (χ1n) is 10.5. The molecule has 170 valence electrons. The Bertz CT molecular complexity index is 1550. The van der Waals surface area contributed by atoms with Gasteiger partial charge in [-0.15, -0.1) is 0 Å². The summed E-state index contributed by atoms with van der Waals surface area (Å²) < 4.78 is 34.2. The molecule has 0 saturated carbocycles. The fourth-order valence-corrected chi connectivity index (χ4v) is 4.53. The van der Waals surface area contributed by atoms with Crippen molar-refractivity contribution in [2.24, 2.45) is 0 Å². The van der Waals surface area contributed by atoms with Gasteiger partial charge in [-0.25, -0.2) is 13.2 Å². The molecule has 0 aliphatic heterocycles. The van der Waals surface area contributed by atoms with E-state index in [2.05, 4.69) is 16.6 Å². The third-order valence-corrected chi connectivity index (χ3v) is 6.42. The van der Waals surface area contributed by atoms with E-state index >= 15 is 0 Å². The van der Waals surface area contributed by atoms with E-state index in [9.17, 15) is 18.3 Å². The summed E-state index contributed by atoms with van der Waals surface area (Å²) in [6.45, 7) is 2.08. The van der Waals surface area contributed by atoms with Crippen LogP contribution >= 0.6 is 0 Å². The minimum Gasteiger partial charge on any atom is -0.493 e. The number of anilines is 1. The van der Waals surface area contributed by atoms with Crippen molar-refractivity contribution in [1.82, 2.24) is 0 Å². The first kappa shape index (κ1) is 22.9. The summed E-state index contributed by atoms with van der Waals surface area (Å²) in [5.74, 6) is 5.07. The highest BCUT2D eigenvalue weighted by Gasteiger charge is 2.16. The minimum atomic E-state index is -3.84.